The van der Waals surface area contributed by atoms with E-state index in [0.717, 1.165) is 24.8 Å². The Kier molecular flexibility index (Phi) is 5.67. The van der Waals surface area contributed by atoms with E-state index in [1.165, 1.54) is 0 Å². The number of aromatic nitrogens is 1. The Labute approximate surface area is 96.0 Å². The van der Waals surface area contributed by atoms with E-state index >= 15 is 0 Å². The van der Waals surface area contributed by atoms with Crippen molar-refractivity contribution < 1.29 is 4.79 Å². The fourth-order valence-electron chi connectivity index (χ4n) is 1.50. The fraction of sp³-hybridized carbons (Fsp3) is 0.500. The number of rotatable bonds is 7. The Morgan fingerprint density at radius 3 is 2.62 bits per heavy atom. The summed E-state index contributed by atoms with van der Waals surface area (Å²) in [4.78, 5) is 15.6. The highest BCUT2D eigenvalue weighted by Crippen LogP contribution is 2.04. The molecule has 16 heavy (non-hydrogen) atoms. The molecule has 4 N–H and O–H groups in total. The minimum atomic E-state index is -0.361. The molecular formula is C12H19N3O. The molecule has 0 saturated carbocycles. The van der Waals surface area contributed by atoms with Crippen LogP contribution in [0.3, 0.4) is 0 Å². The van der Waals surface area contributed by atoms with Crippen LogP contribution in [0.5, 0.6) is 0 Å². The van der Waals surface area contributed by atoms with Gasteiger partial charge in [-0.15, -0.1) is 0 Å². The number of nitrogens with zero attached hydrogens (tertiary/aromatic N) is 1. The Morgan fingerprint density at radius 2 is 2.00 bits per heavy atom. The van der Waals surface area contributed by atoms with Crippen molar-refractivity contribution in [2.45, 2.75) is 31.7 Å². The molecule has 0 bridgehead atoms. The molecule has 1 aromatic heterocycles. The van der Waals surface area contributed by atoms with Gasteiger partial charge >= 0.3 is 0 Å². The summed E-state index contributed by atoms with van der Waals surface area (Å²) in [6.07, 6.45) is 6.33. The fourth-order valence-corrected chi connectivity index (χ4v) is 1.50. The average molecular weight is 221 g/mol. The summed E-state index contributed by atoms with van der Waals surface area (Å²) in [6, 6.07) is 3.31. The van der Waals surface area contributed by atoms with Gasteiger partial charge in [-0.1, -0.05) is 6.42 Å². The standard InChI is InChI=1S/C12H19N3O/c13-6-2-1-3-11(14)12(16)9-10-4-7-15-8-5-10/h4-5,7-8,11H,1-3,6,9,13-14H2/t11-/m1/s1. The molecule has 4 nitrogen and oxygen atoms in total. The molecule has 0 aliphatic carbocycles. The average Bonchev–Trinajstić information content (AvgIpc) is 2.30. The molecule has 0 amide bonds. The van der Waals surface area contributed by atoms with Crippen LogP contribution in [0.15, 0.2) is 24.5 Å². The summed E-state index contributed by atoms with van der Waals surface area (Å²) in [7, 11) is 0. The zero-order valence-electron chi connectivity index (χ0n) is 9.43. The van der Waals surface area contributed by atoms with Gasteiger partial charge in [0, 0.05) is 18.8 Å². The van der Waals surface area contributed by atoms with Crippen LogP contribution < -0.4 is 11.5 Å². The van der Waals surface area contributed by atoms with E-state index in [1.807, 2.05) is 12.1 Å². The first-order chi connectivity index (χ1) is 7.74. The number of Topliss-reactive ketones (excluding diaryl/α,β-unsaturated/α-hetero) is 1. The number of unbranched alkanes of at least 4 members (excludes halogenated alkanes) is 1. The molecule has 0 unspecified atom stereocenters. The summed E-state index contributed by atoms with van der Waals surface area (Å²) in [5.41, 5.74) is 12.1. The van der Waals surface area contributed by atoms with Crippen LogP contribution in [-0.2, 0) is 11.2 Å². The lowest BCUT2D eigenvalue weighted by atomic mass is 10.0. The van der Waals surface area contributed by atoms with Gasteiger partial charge in [0.15, 0.2) is 5.78 Å². The Bertz CT molecular complexity index is 313. The van der Waals surface area contributed by atoms with Crippen molar-refractivity contribution in [1.29, 1.82) is 0 Å². The molecule has 1 rings (SSSR count). The van der Waals surface area contributed by atoms with E-state index in [1.54, 1.807) is 12.4 Å². The summed E-state index contributed by atoms with van der Waals surface area (Å²) < 4.78 is 0. The predicted octanol–water partition coefficient (Wildman–Crippen LogP) is 0.650. The molecule has 0 aromatic carbocycles. The zero-order valence-corrected chi connectivity index (χ0v) is 9.43. The van der Waals surface area contributed by atoms with Gasteiger partial charge in [-0.25, -0.2) is 0 Å². The number of nitrogens with two attached hydrogens (primary N) is 2. The molecule has 0 spiro atoms. The van der Waals surface area contributed by atoms with Gasteiger partial charge in [0.2, 0.25) is 0 Å². The highest BCUT2D eigenvalue weighted by atomic mass is 16.1. The van der Waals surface area contributed by atoms with Crippen molar-refractivity contribution in [3.8, 4) is 0 Å². The first-order valence-electron chi connectivity index (χ1n) is 5.61. The SMILES string of the molecule is NCCCC[C@@H](N)C(=O)Cc1ccncc1. The number of hydrogen-bond acceptors (Lipinski definition) is 4. The monoisotopic (exact) mass is 221 g/mol. The van der Waals surface area contributed by atoms with Gasteiger partial charge in [0.25, 0.3) is 0 Å². The van der Waals surface area contributed by atoms with Gasteiger partial charge in [0.05, 0.1) is 6.04 Å². The number of ketones is 1. The molecule has 1 heterocycles. The van der Waals surface area contributed by atoms with Crippen molar-refractivity contribution >= 4 is 5.78 Å². The van der Waals surface area contributed by atoms with Crippen molar-refractivity contribution in [2.75, 3.05) is 6.54 Å². The predicted molar refractivity (Wildman–Crippen MR) is 63.8 cm³/mol. The Hall–Kier alpha value is -1.26. The number of carbonyl (C=O) groups excluding carboxylic acids is 1. The first-order valence-corrected chi connectivity index (χ1v) is 5.61. The third-order valence-corrected chi connectivity index (χ3v) is 2.51. The van der Waals surface area contributed by atoms with Crippen LogP contribution in [0.4, 0.5) is 0 Å². The van der Waals surface area contributed by atoms with Crippen molar-refractivity contribution in [2.24, 2.45) is 11.5 Å². The normalized spacial score (nSPS) is 12.4. The molecule has 0 fully saturated rings. The maximum Gasteiger partial charge on any atom is 0.153 e. The smallest absolute Gasteiger partial charge is 0.153 e. The molecule has 1 atom stereocenters. The van der Waals surface area contributed by atoms with Crippen LogP contribution in [0, 0.1) is 0 Å². The van der Waals surface area contributed by atoms with Gasteiger partial charge in [-0.05, 0) is 37.1 Å². The Balaban J connectivity index is 2.34. The van der Waals surface area contributed by atoms with Gasteiger partial charge in [0.1, 0.15) is 0 Å². The van der Waals surface area contributed by atoms with E-state index in [4.69, 9.17) is 11.5 Å². The second-order valence-corrected chi connectivity index (χ2v) is 3.89. The molecule has 0 aliphatic heterocycles. The summed E-state index contributed by atoms with van der Waals surface area (Å²) in [5, 5.41) is 0. The quantitative estimate of drug-likeness (QED) is 0.662. The van der Waals surface area contributed by atoms with Crippen LogP contribution >= 0.6 is 0 Å². The van der Waals surface area contributed by atoms with Crippen molar-refractivity contribution in [3.63, 3.8) is 0 Å². The van der Waals surface area contributed by atoms with E-state index in [2.05, 4.69) is 4.98 Å². The van der Waals surface area contributed by atoms with Gasteiger partial charge in [-0.3, -0.25) is 9.78 Å². The van der Waals surface area contributed by atoms with Crippen molar-refractivity contribution in [3.05, 3.63) is 30.1 Å². The maximum absolute atomic E-state index is 11.7. The summed E-state index contributed by atoms with van der Waals surface area (Å²) in [6.45, 7) is 0.658. The molecule has 4 heteroatoms. The van der Waals surface area contributed by atoms with Crippen LogP contribution in [0.25, 0.3) is 0 Å². The summed E-state index contributed by atoms with van der Waals surface area (Å²) in [5.74, 6) is 0.0863. The number of pyridine rings is 1. The summed E-state index contributed by atoms with van der Waals surface area (Å²) >= 11 is 0. The van der Waals surface area contributed by atoms with E-state index in [-0.39, 0.29) is 11.8 Å². The highest BCUT2D eigenvalue weighted by molar-refractivity contribution is 5.85. The minimum Gasteiger partial charge on any atom is -0.330 e. The third-order valence-electron chi connectivity index (χ3n) is 2.51. The van der Waals surface area contributed by atoms with Gasteiger partial charge < -0.3 is 11.5 Å². The lowest BCUT2D eigenvalue weighted by Crippen LogP contribution is -2.31. The van der Waals surface area contributed by atoms with E-state index < -0.39 is 0 Å². The zero-order chi connectivity index (χ0) is 11.8. The van der Waals surface area contributed by atoms with Crippen LogP contribution in [-0.4, -0.2) is 23.4 Å². The highest BCUT2D eigenvalue weighted by Gasteiger charge is 2.13. The topological polar surface area (TPSA) is 82.0 Å². The molecule has 0 aliphatic rings. The Morgan fingerprint density at radius 1 is 1.31 bits per heavy atom. The van der Waals surface area contributed by atoms with E-state index in [9.17, 15) is 4.79 Å². The molecule has 0 saturated heterocycles. The lowest BCUT2D eigenvalue weighted by molar-refractivity contribution is -0.119. The first kappa shape index (κ1) is 12.8. The molecule has 1 aromatic rings. The number of hydrogen-bond donors (Lipinski definition) is 2. The van der Waals surface area contributed by atoms with Crippen LogP contribution in [0.1, 0.15) is 24.8 Å². The lowest BCUT2D eigenvalue weighted by Gasteiger charge is -2.09. The second-order valence-electron chi connectivity index (χ2n) is 3.89. The molecular weight excluding hydrogens is 202 g/mol. The van der Waals surface area contributed by atoms with Gasteiger partial charge in [-0.2, -0.15) is 0 Å². The largest absolute Gasteiger partial charge is 0.330 e. The molecule has 0 radical (unpaired) electrons. The maximum atomic E-state index is 11.7. The molecule has 88 valence electrons. The van der Waals surface area contributed by atoms with Crippen LogP contribution in [0.2, 0.25) is 0 Å². The van der Waals surface area contributed by atoms with Crippen molar-refractivity contribution in [1.82, 2.24) is 4.98 Å². The third kappa shape index (κ3) is 4.51. The number of carbonyl (C=O) groups is 1. The van der Waals surface area contributed by atoms with E-state index in [0.29, 0.717) is 13.0 Å². The second kappa shape index (κ2) is 7.09. The minimum absolute atomic E-state index is 0.0863.